The quantitative estimate of drug-likeness (QED) is 0.590. The van der Waals surface area contributed by atoms with E-state index in [1.807, 2.05) is 30.3 Å². The molecule has 1 aromatic carbocycles. The molecule has 1 aliphatic heterocycles. The molecule has 5 nitrogen and oxygen atoms in total. The number of rotatable bonds is 8. The smallest absolute Gasteiger partial charge is 0.413 e. The standard InChI is InChI=1S/C18H26N2O3/c1-3-12-19(2)13-6-7-14-23-17-11-10-15-8-4-5-9-16(15)20(17)18(21)22/h3-5,8-9,17H,1,6-7,10-14H2,2H3,(H,21,22). The van der Waals surface area contributed by atoms with Crippen LogP contribution in [0.25, 0.3) is 0 Å². The van der Waals surface area contributed by atoms with E-state index >= 15 is 0 Å². The summed E-state index contributed by atoms with van der Waals surface area (Å²) in [4.78, 5) is 15.2. The normalized spacial score (nSPS) is 17.1. The maximum absolute atomic E-state index is 11.6. The van der Waals surface area contributed by atoms with E-state index in [1.165, 1.54) is 4.90 Å². The van der Waals surface area contributed by atoms with Crippen LogP contribution in [0.15, 0.2) is 36.9 Å². The Hall–Kier alpha value is -1.85. The maximum Gasteiger partial charge on any atom is 0.413 e. The van der Waals surface area contributed by atoms with Crippen molar-refractivity contribution in [3.63, 3.8) is 0 Å². The molecule has 23 heavy (non-hydrogen) atoms. The van der Waals surface area contributed by atoms with Gasteiger partial charge in [-0.3, -0.25) is 4.90 Å². The summed E-state index contributed by atoms with van der Waals surface area (Å²) in [5.74, 6) is 0. The van der Waals surface area contributed by atoms with Crippen LogP contribution < -0.4 is 4.90 Å². The minimum absolute atomic E-state index is 0.381. The van der Waals surface area contributed by atoms with E-state index < -0.39 is 6.09 Å². The summed E-state index contributed by atoms with van der Waals surface area (Å²) in [7, 11) is 2.06. The molecule has 0 fully saturated rings. The first kappa shape index (κ1) is 17.5. The van der Waals surface area contributed by atoms with Crippen LogP contribution in [0.5, 0.6) is 0 Å². The summed E-state index contributed by atoms with van der Waals surface area (Å²) in [6.07, 6.45) is 4.07. The number of ether oxygens (including phenoxy) is 1. The predicted octanol–water partition coefficient (Wildman–Crippen LogP) is 3.36. The number of benzene rings is 1. The Morgan fingerprint density at radius 2 is 2.26 bits per heavy atom. The summed E-state index contributed by atoms with van der Waals surface area (Å²) in [6, 6.07) is 7.65. The fraction of sp³-hybridized carbons (Fsp3) is 0.500. The first-order valence-electron chi connectivity index (χ1n) is 8.14. The van der Waals surface area contributed by atoms with Gasteiger partial charge in [0, 0.05) is 13.2 Å². The molecule has 1 unspecified atom stereocenters. The number of carboxylic acid groups (broad SMARTS) is 1. The highest BCUT2D eigenvalue weighted by Crippen LogP contribution is 2.31. The number of unbranched alkanes of at least 4 members (excludes halogenated alkanes) is 1. The number of anilines is 1. The van der Waals surface area contributed by atoms with Crippen LogP contribution in [-0.2, 0) is 11.2 Å². The van der Waals surface area contributed by atoms with Crippen molar-refractivity contribution >= 4 is 11.8 Å². The van der Waals surface area contributed by atoms with Gasteiger partial charge < -0.3 is 14.7 Å². The zero-order chi connectivity index (χ0) is 16.7. The van der Waals surface area contributed by atoms with Crippen LogP contribution in [0.3, 0.4) is 0 Å². The molecule has 0 aromatic heterocycles. The minimum Gasteiger partial charge on any atom is -0.465 e. The SMILES string of the molecule is C=CCN(C)CCCCOC1CCc2ccccc2N1C(=O)O. The molecule has 1 atom stereocenters. The fourth-order valence-electron chi connectivity index (χ4n) is 2.92. The molecule has 0 radical (unpaired) electrons. The molecule has 2 rings (SSSR count). The highest BCUT2D eigenvalue weighted by molar-refractivity contribution is 5.88. The Bertz CT molecular complexity index is 533. The monoisotopic (exact) mass is 318 g/mol. The Labute approximate surface area is 138 Å². The third-order valence-corrected chi connectivity index (χ3v) is 4.09. The van der Waals surface area contributed by atoms with Crippen molar-refractivity contribution in [1.29, 1.82) is 0 Å². The Kier molecular flexibility index (Phi) is 6.62. The van der Waals surface area contributed by atoms with Crippen molar-refractivity contribution in [1.82, 2.24) is 4.90 Å². The van der Waals surface area contributed by atoms with Gasteiger partial charge in [-0.05, 0) is 50.9 Å². The average molecular weight is 318 g/mol. The molecule has 5 heteroatoms. The molecule has 0 aliphatic carbocycles. The van der Waals surface area contributed by atoms with Gasteiger partial charge in [0.05, 0.1) is 5.69 Å². The van der Waals surface area contributed by atoms with E-state index in [0.29, 0.717) is 13.0 Å². The minimum atomic E-state index is -0.951. The second-order valence-electron chi connectivity index (χ2n) is 5.90. The van der Waals surface area contributed by atoms with E-state index in [4.69, 9.17) is 4.74 Å². The summed E-state index contributed by atoms with van der Waals surface area (Å²) in [6.45, 7) is 6.18. The highest BCUT2D eigenvalue weighted by atomic mass is 16.5. The van der Waals surface area contributed by atoms with Crippen molar-refractivity contribution in [2.45, 2.75) is 31.9 Å². The number of amides is 1. The number of hydrogen-bond donors (Lipinski definition) is 1. The average Bonchev–Trinajstić information content (AvgIpc) is 2.54. The molecule has 126 valence electrons. The Morgan fingerprint density at radius 1 is 1.48 bits per heavy atom. The van der Waals surface area contributed by atoms with Gasteiger partial charge in [-0.25, -0.2) is 4.79 Å². The first-order chi connectivity index (χ1) is 11.1. The van der Waals surface area contributed by atoms with E-state index in [1.54, 1.807) is 0 Å². The number of para-hydroxylation sites is 1. The lowest BCUT2D eigenvalue weighted by Gasteiger charge is -2.34. The van der Waals surface area contributed by atoms with Crippen LogP contribution in [0.2, 0.25) is 0 Å². The van der Waals surface area contributed by atoms with Crippen LogP contribution in [0.1, 0.15) is 24.8 Å². The fourth-order valence-corrected chi connectivity index (χ4v) is 2.92. The number of likely N-dealkylation sites (N-methyl/N-ethyl adjacent to an activating group) is 1. The van der Waals surface area contributed by atoms with E-state index in [0.717, 1.165) is 43.6 Å². The van der Waals surface area contributed by atoms with Crippen molar-refractivity contribution in [2.24, 2.45) is 0 Å². The molecule has 1 heterocycles. The van der Waals surface area contributed by atoms with Gasteiger partial charge in [0.2, 0.25) is 0 Å². The molecular weight excluding hydrogens is 292 g/mol. The van der Waals surface area contributed by atoms with Crippen molar-refractivity contribution in [3.8, 4) is 0 Å². The molecule has 0 spiro atoms. The van der Waals surface area contributed by atoms with Crippen molar-refractivity contribution in [2.75, 3.05) is 31.6 Å². The largest absolute Gasteiger partial charge is 0.465 e. The topological polar surface area (TPSA) is 53.0 Å². The molecule has 0 bridgehead atoms. The summed E-state index contributed by atoms with van der Waals surface area (Å²) < 4.78 is 5.86. The zero-order valence-corrected chi connectivity index (χ0v) is 13.8. The molecule has 1 amide bonds. The summed E-state index contributed by atoms with van der Waals surface area (Å²) in [5, 5.41) is 9.52. The Morgan fingerprint density at radius 3 is 3.00 bits per heavy atom. The molecule has 1 aliphatic rings. The number of nitrogens with zero attached hydrogens (tertiary/aromatic N) is 2. The lowest BCUT2D eigenvalue weighted by Crippen LogP contribution is -2.44. The van der Waals surface area contributed by atoms with Gasteiger partial charge >= 0.3 is 6.09 Å². The van der Waals surface area contributed by atoms with Gasteiger partial charge in [-0.1, -0.05) is 24.3 Å². The van der Waals surface area contributed by atoms with Crippen molar-refractivity contribution in [3.05, 3.63) is 42.5 Å². The van der Waals surface area contributed by atoms with E-state index in [-0.39, 0.29) is 6.23 Å². The lowest BCUT2D eigenvalue weighted by atomic mass is 10.0. The van der Waals surface area contributed by atoms with Gasteiger partial charge in [0.15, 0.2) is 0 Å². The molecule has 1 N–H and O–H groups in total. The second kappa shape index (κ2) is 8.70. The molecular formula is C18H26N2O3. The first-order valence-corrected chi connectivity index (χ1v) is 8.14. The molecule has 1 aromatic rings. The van der Waals surface area contributed by atoms with Gasteiger partial charge in [-0.15, -0.1) is 6.58 Å². The van der Waals surface area contributed by atoms with E-state index in [2.05, 4.69) is 18.5 Å². The number of carbonyl (C=O) groups is 1. The van der Waals surface area contributed by atoms with Crippen LogP contribution in [0, 0.1) is 0 Å². The van der Waals surface area contributed by atoms with E-state index in [9.17, 15) is 9.90 Å². The number of fused-ring (bicyclic) bond motifs is 1. The van der Waals surface area contributed by atoms with Crippen LogP contribution in [-0.4, -0.2) is 49.1 Å². The third kappa shape index (κ3) is 4.81. The lowest BCUT2D eigenvalue weighted by molar-refractivity contribution is 0.0394. The maximum atomic E-state index is 11.6. The zero-order valence-electron chi connectivity index (χ0n) is 13.8. The summed E-state index contributed by atoms with van der Waals surface area (Å²) >= 11 is 0. The van der Waals surface area contributed by atoms with Gasteiger partial charge in [-0.2, -0.15) is 0 Å². The van der Waals surface area contributed by atoms with Crippen LogP contribution >= 0.6 is 0 Å². The molecule has 0 saturated carbocycles. The second-order valence-corrected chi connectivity index (χ2v) is 5.90. The molecule has 0 saturated heterocycles. The Balaban J connectivity index is 1.83. The highest BCUT2D eigenvalue weighted by Gasteiger charge is 2.31. The van der Waals surface area contributed by atoms with Gasteiger partial charge in [0.1, 0.15) is 6.23 Å². The van der Waals surface area contributed by atoms with Gasteiger partial charge in [0.25, 0.3) is 0 Å². The van der Waals surface area contributed by atoms with Crippen molar-refractivity contribution < 1.29 is 14.6 Å². The summed E-state index contributed by atoms with van der Waals surface area (Å²) in [5.41, 5.74) is 1.82. The predicted molar refractivity (Wildman–Crippen MR) is 91.9 cm³/mol. The third-order valence-electron chi connectivity index (χ3n) is 4.09. The van der Waals surface area contributed by atoms with Crippen LogP contribution in [0.4, 0.5) is 10.5 Å². The number of aryl methyl sites for hydroxylation is 1. The number of hydrogen-bond acceptors (Lipinski definition) is 3.